The van der Waals surface area contributed by atoms with Crippen LogP contribution in [0.4, 0.5) is 18.9 Å². The molecular weight excluding hydrogens is 451 g/mol. The molecule has 0 radical (unpaired) electrons. The van der Waals surface area contributed by atoms with Crippen molar-refractivity contribution in [1.82, 2.24) is 14.9 Å². The normalized spacial score (nSPS) is 17.8. The largest absolute Gasteiger partial charge is 0.416 e. The third-order valence-electron chi connectivity index (χ3n) is 5.44. The first-order valence-corrected chi connectivity index (χ1v) is 11.6. The number of carbonyl (C=O) groups is 1. The average Bonchev–Trinajstić information content (AvgIpc) is 3.20. The molecule has 0 bridgehead atoms. The van der Waals surface area contributed by atoms with E-state index in [1.807, 2.05) is 31.2 Å². The van der Waals surface area contributed by atoms with Crippen molar-refractivity contribution in [2.75, 3.05) is 10.7 Å². The molecule has 2 heterocycles. The van der Waals surface area contributed by atoms with Gasteiger partial charge in [-0.15, -0.1) is 10.2 Å². The van der Waals surface area contributed by atoms with E-state index >= 15 is 0 Å². The van der Waals surface area contributed by atoms with Gasteiger partial charge in [0.05, 0.1) is 11.6 Å². The van der Waals surface area contributed by atoms with Gasteiger partial charge in [-0.05, 0) is 42.2 Å². The van der Waals surface area contributed by atoms with Crippen molar-refractivity contribution in [2.24, 2.45) is 0 Å². The average molecular weight is 476 g/mol. The molecule has 1 amide bonds. The summed E-state index contributed by atoms with van der Waals surface area (Å²) in [6.45, 7) is 4.11. The zero-order chi connectivity index (χ0) is 23.6. The molecule has 1 aliphatic rings. The summed E-state index contributed by atoms with van der Waals surface area (Å²) in [6.07, 6.45) is -1.98. The van der Waals surface area contributed by atoms with Gasteiger partial charge in [-0.2, -0.15) is 13.2 Å². The molecular formula is C23H24F3N5OS. The zero-order valence-corrected chi connectivity index (χ0v) is 19.0. The number of aryl methyl sites for hydroxylation is 2. The molecule has 0 unspecified atom stereocenters. The summed E-state index contributed by atoms with van der Waals surface area (Å²) in [5.74, 6) is 0.356. The van der Waals surface area contributed by atoms with E-state index < -0.39 is 28.9 Å². The number of rotatable bonds is 6. The SMILES string of the molecule is CCCc1nnc2n1N[C@@H](c1ccc(CC)cc1)[C@@H](C(=O)Nc1cccc(C(F)(F)F)c1)S2. The second-order valence-corrected chi connectivity index (χ2v) is 8.90. The zero-order valence-electron chi connectivity index (χ0n) is 18.2. The van der Waals surface area contributed by atoms with E-state index in [9.17, 15) is 18.0 Å². The van der Waals surface area contributed by atoms with Crippen LogP contribution in [-0.4, -0.2) is 26.0 Å². The van der Waals surface area contributed by atoms with Gasteiger partial charge in [0, 0.05) is 12.1 Å². The van der Waals surface area contributed by atoms with E-state index in [4.69, 9.17) is 0 Å². The van der Waals surface area contributed by atoms with Gasteiger partial charge in [-0.1, -0.05) is 55.9 Å². The van der Waals surface area contributed by atoms with Crippen LogP contribution < -0.4 is 10.7 Å². The summed E-state index contributed by atoms with van der Waals surface area (Å²) in [7, 11) is 0. The van der Waals surface area contributed by atoms with Gasteiger partial charge in [0.25, 0.3) is 0 Å². The molecule has 2 aromatic carbocycles. The second kappa shape index (κ2) is 9.46. The van der Waals surface area contributed by atoms with Crippen LogP contribution in [0.5, 0.6) is 0 Å². The number of halogens is 3. The Hall–Kier alpha value is -3.01. The van der Waals surface area contributed by atoms with Crippen LogP contribution in [0.1, 0.15) is 48.8 Å². The molecule has 4 rings (SSSR count). The Morgan fingerprint density at radius 2 is 1.91 bits per heavy atom. The first-order chi connectivity index (χ1) is 15.8. The van der Waals surface area contributed by atoms with Gasteiger partial charge in [-0.3, -0.25) is 4.79 Å². The number of hydrogen-bond donors (Lipinski definition) is 2. The number of aromatic nitrogens is 3. The van der Waals surface area contributed by atoms with Crippen molar-refractivity contribution >= 4 is 23.4 Å². The molecule has 0 saturated carbocycles. The van der Waals surface area contributed by atoms with Crippen LogP contribution in [0.2, 0.25) is 0 Å². The van der Waals surface area contributed by atoms with Crippen molar-refractivity contribution in [3.63, 3.8) is 0 Å². The lowest BCUT2D eigenvalue weighted by atomic mass is 10.0. The number of nitrogens with one attached hydrogen (secondary N) is 2. The molecule has 33 heavy (non-hydrogen) atoms. The summed E-state index contributed by atoms with van der Waals surface area (Å²) < 4.78 is 41.1. The number of carbonyl (C=O) groups excluding carboxylic acids is 1. The van der Waals surface area contributed by atoms with Gasteiger partial charge in [-0.25, -0.2) is 4.68 Å². The van der Waals surface area contributed by atoms with E-state index in [0.717, 1.165) is 42.8 Å². The number of hydrogen-bond acceptors (Lipinski definition) is 5. The van der Waals surface area contributed by atoms with E-state index in [0.29, 0.717) is 5.16 Å². The summed E-state index contributed by atoms with van der Waals surface area (Å²) in [6, 6.07) is 12.2. The predicted molar refractivity (Wildman–Crippen MR) is 122 cm³/mol. The van der Waals surface area contributed by atoms with Crippen LogP contribution in [0.25, 0.3) is 0 Å². The quantitative estimate of drug-likeness (QED) is 0.512. The number of alkyl halides is 3. The first-order valence-electron chi connectivity index (χ1n) is 10.7. The Bertz CT molecular complexity index is 1130. The van der Waals surface area contributed by atoms with Crippen LogP contribution in [0.15, 0.2) is 53.7 Å². The molecule has 6 nitrogen and oxygen atoms in total. The third-order valence-corrected chi connectivity index (χ3v) is 6.66. The van der Waals surface area contributed by atoms with Crippen molar-refractivity contribution in [3.05, 3.63) is 71.0 Å². The molecule has 0 aliphatic carbocycles. The number of nitrogens with zero attached hydrogens (tertiary/aromatic N) is 3. The molecule has 174 valence electrons. The molecule has 2 N–H and O–H groups in total. The molecule has 0 spiro atoms. The standard InChI is InChI=1S/C23H24F3N5OS/c1-3-6-18-28-29-22-31(18)30-19(15-11-9-14(4-2)10-12-15)20(33-22)21(32)27-17-8-5-7-16(13-17)23(24,25)26/h5,7-13,19-20,30H,3-4,6H2,1-2H3,(H,27,32)/t19-,20-/m0/s1. The highest BCUT2D eigenvalue weighted by Gasteiger charge is 2.38. The number of anilines is 1. The highest BCUT2D eigenvalue weighted by Crippen LogP contribution is 2.38. The van der Waals surface area contributed by atoms with E-state index in [1.54, 1.807) is 4.68 Å². The monoisotopic (exact) mass is 475 g/mol. The van der Waals surface area contributed by atoms with Gasteiger partial charge >= 0.3 is 6.18 Å². The summed E-state index contributed by atoms with van der Waals surface area (Å²) in [4.78, 5) is 13.3. The van der Waals surface area contributed by atoms with E-state index in [2.05, 4.69) is 27.9 Å². The predicted octanol–water partition coefficient (Wildman–Crippen LogP) is 5.21. The molecule has 0 saturated heterocycles. The Morgan fingerprint density at radius 3 is 2.58 bits per heavy atom. The third kappa shape index (κ3) is 5.00. The fourth-order valence-electron chi connectivity index (χ4n) is 3.68. The topological polar surface area (TPSA) is 71.8 Å². The number of thioether (sulfide) groups is 1. The minimum Gasteiger partial charge on any atom is -0.325 e. The molecule has 1 aromatic heterocycles. The Kier molecular flexibility index (Phi) is 6.64. The van der Waals surface area contributed by atoms with Gasteiger partial charge in [0.2, 0.25) is 11.1 Å². The van der Waals surface area contributed by atoms with Crippen molar-refractivity contribution < 1.29 is 18.0 Å². The van der Waals surface area contributed by atoms with Crippen LogP contribution in [-0.2, 0) is 23.8 Å². The Labute approximate surface area is 194 Å². The number of benzene rings is 2. The van der Waals surface area contributed by atoms with Gasteiger partial charge < -0.3 is 10.7 Å². The maximum atomic E-state index is 13.3. The molecule has 3 aromatic rings. The summed E-state index contributed by atoms with van der Waals surface area (Å²) in [5.41, 5.74) is 4.71. The molecule has 10 heteroatoms. The van der Waals surface area contributed by atoms with Crippen LogP contribution >= 0.6 is 11.8 Å². The lowest BCUT2D eigenvalue weighted by Crippen LogP contribution is -2.41. The number of amides is 1. The maximum absolute atomic E-state index is 13.3. The van der Waals surface area contributed by atoms with Crippen LogP contribution in [0, 0.1) is 0 Å². The van der Waals surface area contributed by atoms with Crippen molar-refractivity contribution in [1.29, 1.82) is 0 Å². The maximum Gasteiger partial charge on any atom is 0.416 e. The highest BCUT2D eigenvalue weighted by atomic mass is 32.2. The van der Waals surface area contributed by atoms with Gasteiger partial charge in [0.15, 0.2) is 5.82 Å². The summed E-state index contributed by atoms with van der Waals surface area (Å²) >= 11 is 1.25. The fraction of sp³-hybridized carbons (Fsp3) is 0.348. The van der Waals surface area contributed by atoms with E-state index in [1.165, 1.54) is 29.5 Å². The van der Waals surface area contributed by atoms with Crippen LogP contribution in [0.3, 0.4) is 0 Å². The molecule has 0 fully saturated rings. The molecule has 2 atom stereocenters. The summed E-state index contributed by atoms with van der Waals surface area (Å²) in [5, 5.41) is 11.0. The Balaban J connectivity index is 1.65. The molecule has 1 aliphatic heterocycles. The van der Waals surface area contributed by atoms with Crippen molar-refractivity contribution in [3.8, 4) is 0 Å². The van der Waals surface area contributed by atoms with E-state index in [-0.39, 0.29) is 5.69 Å². The second-order valence-electron chi connectivity index (χ2n) is 7.79. The Morgan fingerprint density at radius 1 is 1.15 bits per heavy atom. The minimum atomic E-state index is -4.49. The lowest BCUT2D eigenvalue weighted by Gasteiger charge is -2.33. The number of fused-ring (bicyclic) bond motifs is 1. The fourth-order valence-corrected chi connectivity index (χ4v) is 4.78. The smallest absolute Gasteiger partial charge is 0.325 e. The lowest BCUT2D eigenvalue weighted by molar-refractivity contribution is -0.137. The highest BCUT2D eigenvalue weighted by molar-refractivity contribution is 8.00. The minimum absolute atomic E-state index is 0.0919. The van der Waals surface area contributed by atoms with Crippen molar-refractivity contribution in [2.45, 2.75) is 55.7 Å². The first kappa shape index (κ1) is 23.2. The van der Waals surface area contributed by atoms with Gasteiger partial charge in [0.1, 0.15) is 5.25 Å².